The number of ether oxygens (including phenoxy) is 1. The van der Waals surface area contributed by atoms with E-state index in [1.54, 1.807) is 61.5 Å². The predicted octanol–water partition coefficient (Wildman–Crippen LogP) is 3.28. The van der Waals surface area contributed by atoms with E-state index in [9.17, 15) is 19.2 Å². The van der Waals surface area contributed by atoms with E-state index in [2.05, 4.69) is 4.74 Å². The number of ketones is 3. The summed E-state index contributed by atoms with van der Waals surface area (Å²) in [5.74, 6) is -1.52. The number of carbonyl (C=O) groups is 4. The fourth-order valence-corrected chi connectivity index (χ4v) is 1.86. The molecule has 0 spiro atoms. The largest absolute Gasteiger partial charge is 0.466 e. The van der Waals surface area contributed by atoms with Gasteiger partial charge in [0.25, 0.3) is 0 Å². The first-order valence-corrected chi connectivity index (χ1v) is 7.79. The minimum atomic E-state index is -0.471. The van der Waals surface area contributed by atoms with Crippen LogP contribution in [-0.2, 0) is 14.3 Å². The number of hydrogen-bond acceptors (Lipinski definition) is 5. The maximum atomic E-state index is 11.4. The highest BCUT2D eigenvalue weighted by Gasteiger charge is 2.11. The van der Waals surface area contributed by atoms with Crippen molar-refractivity contribution in [1.29, 1.82) is 0 Å². The van der Waals surface area contributed by atoms with E-state index in [-0.39, 0.29) is 12.2 Å². The van der Waals surface area contributed by atoms with E-state index in [1.807, 2.05) is 6.07 Å². The fourth-order valence-electron chi connectivity index (χ4n) is 1.86. The average molecular weight is 340 g/mol. The van der Waals surface area contributed by atoms with Crippen LogP contribution in [0.15, 0.2) is 60.7 Å². The lowest BCUT2D eigenvalue weighted by Crippen LogP contribution is -2.11. The van der Waals surface area contributed by atoms with E-state index in [4.69, 9.17) is 0 Å². The quantitative estimate of drug-likeness (QED) is 0.349. The van der Waals surface area contributed by atoms with Gasteiger partial charge in [-0.15, -0.1) is 0 Å². The van der Waals surface area contributed by atoms with Crippen LogP contribution in [0.2, 0.25) is 0 Å². The van der Waals surface area contributed by atoms with Gasteiger partial charge in [0.05, 0.1) is 6.61 Å². The van der Waals surface area contributed by atoms with Crippen molar-refractivity contribution in [3.05, 3.63) is 71.8 Å². The van der Waals surface area contributed by atoms with Gasteiger partial charge in [0.1, 0.15) is 6.42 Å². The Labute approximate surface area is 146 Å². The van der Waals surface area contributed by atoms with Crippen molar-refractivity contribution < 1.29 is 23.9 Å². The zero-order valence-corrected chi connectivity index (χ0v) is 14.2. The van der Waals surface area contributed by atoms with Gasteiger partial charge in [0.15, 0.2) is 11.6 Å². The molecular formula is C20H20O5. The standard InChI is InChI=1S/C11H12O3.C9H8O2/c1-2-14-11(13)8-10(12)9-6-4-3-5-7-9;1-7(10)9(11)8-5-3-2-4-6-8/h3-7H,2,8H2,1H3;2-6H,1H3. The second kappa shape index (κ2) is 10.6. The van der Waals surface area contributed by atoms with Gasteiger partial charge in [-0.2, -0.15) is 0 Å². The maximum Gasteiger partial charge on any atom is 0.313 e. The highest BCUT2D eigenvalue weighted by Crippen LogP contribution is 2.03. The van der Waals surface area contributed by atoms with Crippen LogP contribution in [0, 0.1) is 0 Å². The summed E-state index contributed by atoms with van der Waals surface area (Å²) in [4.78, 5) is 44.0. The molecule has 0 atom stereocenters. The Morgan fingerprint density at radius 2 is 1.28 bits per heavy atom. The van der Waals surface area contributed by atoms with Gasteiger partial charge in [0, 0.05) is 18.1 Å². The van der Waals surface area contributed by atoms with Crippen molar-refractivity contribution in [3.8, 4) is 0 Å². The minimum Gasteiger partial charge on any atom is -0.466 e. The van der Waals surface area contributed by atoms with E-state index >= 15 is 0 Å². The van der Waals surface area contributed by atoms with Gasteiger partial charge in [-0.1, -0.05) is 60.7 Å². The number of benzene rings is 2. The van der Waals surface area contributed by atoms with Crippen LogP contribution in [0.1, 0.15) is 41.0 Å². The van der Waals surface area contributed by atoms with Crippen molar-refractivity contribution in [2.75, 3.05) is 6.61 Å². The molecule has 5 heteroatoms. The van der Waals surface area contributed by atoms with Crippen LogP contribution in [0.5, 0.6) is 0 Å². The molecule has 2 aromatic rings. The number of carbonyl (C=O) groups excluding carboxylic acids is 4. The van der Waals surface area contributed by atoms with Crippen molar-refractivity contribution in [3.63, 3.8) is 0 Å². The molecule has 0 aromatic heterocycles. The number of Topliss-reactive ketones (excluding diaryl/α,β-unsaturated/α-hetero) is 3. The molecule has 0 bridgehead atoms. The van der Waals surface area contributed by atoms with Gasteiger partial charge in [-0.05, 0) is 6.92 Å². The van der Waals surface area contributed by atoms with Gasteiger partial charge in [0.2, 0.25) is 5.78 Å². The highest BCUT2D eigenvalue weighted by atomic mass is 16.5. The summed E-state index contributed by atoms with van der Waals surface area (Å²) in [5, 5.41) is 0. The van der Waals surface area contributed by atoms with E-state index < -0.39 is 17.5 Å². The van der Waals surface area contributed by atoms with E-state index in [0.29, 0.717) is 17.7 Å². The van der Waals surface area contributed by atoms with Crippen LogP contribution in [0.4, 0.5) is 0 Å². The first-order valence-electron chi connectivity index (χ1n) is 7.79. The van der Waals surface area contributed by atoms with Gasteiger partial charge >= 0.3 is 5.97 Å². The Hall–Kier alpha value is -3.08. The van der Waals surface area contributed by atoms with Crippen LogP contribution in [0.3, 0.4) is 0 Å². The van der Waals surface area contributed by atoms with Crippen LogP contribution in [0.25, 0.3) is 0 Å². The Balaban J connectivity index is 0.000000257. The van der Waals surface area contributed by atoms with Crippen LogP contribution in [-0.4, -0.2) is 29.9 Å². The normalized spacial score (nSPS) is 9.36. The molecule has 130 valence electrons. The predicted molar refractivity (Wildman–Crippen MR) is 93.5 cm³/mol. The molecule has 0 radical (unpaired) electrons. The summed E-state index contributed by atoms with van der Waals surface area (Å²) in [6, 6.07) is 17.2. The third kappa shape index (κ3) is 7.35. The summed E-state index contributed by atoms with van der Waals surface area (Å²) in [6.07, 6.45) is -0.183. The Kier molecular flexibility index (Phi) is 8.50. The number of hydrogen-bond donors (Lipinski definition) is 0. The average Bonchev–Trinajstić information content (AvgIpc) is 2.63. The first-order chi connectivity index (χ1) is 12.0. The Morgan fingerprint density at radius 1 is 0.800 bits per heavy atom. The molecule has 0 aliphatic heterocycles. The molecule has 0 amide bonds. The summed E-state index contributed by atoms with van der Waals surface area (Å²) in [6.45, 7) is 3.29. The molecular weight excluding hydrogens is 320 g/mol. The summed E-state index contributed by atoms with van der Waals surface area (Å²) in [7, 11) is 0. The number of esters is 1. The third-order valence-electron chi connectivity index (χ3n) is 3.06. The lowest BCUT2D eigenvalue weighted by molar-refractivity contribution is -0.142. The minimum absolute atomic E-state index is 0.183. The fraction of sp³-hybridized carbons (Fsp3) is 0.200. The molecule has 0 saturated heterocycles. The molecule has 0 fully saturated rings. The summed E-state index contributed by atoms with van der Waals surface area (Å²) < 4.78 is 4.67. The molecule has 0 N–H and O–H groups in total. The Morgan fingerprint density at radius 3 is 1.72 bits per heavy atom. The van der Waals surface area contributed by atoms with Crippen LogP contribution >= 0.6 is 0 Å². The van der Waals surface area contributed by atoms with E-state index in [0.717, 1.165) is 0 Å². The smallest absolute Gasteiger partial charge is 0.313 e. The molecule has 2 aromatic carbocycles. The zero-order valence-electron chi connectivity index (χ0n) is 14.2. The van der Waals surface area contributed by atoms with Crippen molar-refractivity contribution in [2.45, 2.75) is 20.3 Å². The SMILES string of the molecule is CC(=O)C(=O)c1ccccc1.CCOC(=O)CC(=O)c1ccccc1. The lowest BCUT2D eigenvalue weighted by atomic mass is 10.1. The number of rotatable bonds is 6. The van der Waals surface area contributed by atoms with Crippen molar-refractivity contribution >= 4 is 23.3 Å². The summed E-state index contributed by atoms with van der Waals surface area (Å²) in [5.41, 5.74) is 1.00. The molecule has 2 rings (SSSR count). The molecule has 0 aliphatic rings. The topological polar surface area (TPSA) is 77.5 Å². The van der Waals surface area contributed by atoms with E-state index in [1.165, 1.54) is 6.92 Å². The van der Waals surface area contributed by atoms with Gasteiger partial charge in [-0.3, -0.25) is 19.2 Å². The first kappa shape index (κ1) is 20.0. The zero-order chi connectivity index (χ0) is 18.7. The molecule has 5 nitrogen and oxygen atoms in total. The highest BCUT2D eigenvalue weighted by molar-refractivity contribution is 6.42. The maximum absolute atomic E-state index is 11.4. The molecule has 0 heterocycles. The second-order valence-corrected chi connectivity index (χ2v) is 5.02. The molecule has 0 aliphatic carbocycles. The van der Waals surface area contributed by atoms with Crippen LogP contribution < -0.4 is 0 Å². The lowest BCUT2D eigenvalue weighted by Gasteiger charge is -2.00. The monoisotopic (exact) mass is 340 g/mol. The van der Waals surface area contributed by atoms with Gasteiger partial charge < -0.3 is 4.74 Å². The third-order valence-corrected chi connectivity index (χ3v) is 3.06. The second-order valence-electron chi connectivity index (χ2n) is 5.02. The molecule has 0 saturated carbocycles. The summed E-state index contributed by atoms with van der Waals surface area (Å²) >= 11 is 0. The molecule has 0 unspecified atom stereocenters. The van der Waals surface area contributed by atoms with Crippen molar-refractivity contribution in [1.82, 2.24) is 0 Å². The van der Waals surface area contributed by atoms with Crippen molar-refractivity contribution in [2.24, 2.45) is 0 Å². The Bertz CT molecular complexity index is 720. The van der Waals surface area contributed by atoms with Gasteiger partial charge in [-0.25, -0.2) is 0 Å². The molecule has 25 heavy (non-hydrogen) atoms.